The van der Waals surface area contributed by atoms with Crippen LogP contribution in [0.25, 0.3) is 0 Å². The second kappa shape index (κ2) is 4.36. The van der Waals surface area contributed by atoms with Gasteiger partial charge in [0.2, 0.25) is 0 Å². The van der Waals surface area contributed by atoms with Crippen molar-refractivity contribution in [2.75, 3.05) is 19.0 Å². The molecule has 1 amide bonds. The average Bonchev–Trinajstić information content (AvgIpc) is 2.68. The van der Waals surface area contributed by atoms with Gasteiger partial charge in [-0.15, -0.1) is 0 Å². The maximum absolute atomic E-state index is 12.4. The van der Waals surface area contributed by atoms with Crippen molar-refractivity contribution in [2.45, 2.75) is 26.2 Å². The fourth-order valence-corrected chi connectivity index (χ4v) is 2.05. The van der Waals surface area contributed by atoms with Crippen molar-refractivity contribution in [1.29, 1.82) is 0 Å². The highest BCUT2D eigenvalue weighted by Gasteiger charge is 2.44. The van der Waals surface area contributed by atoms with Crippen LogP contribution in [0.15, 0.2) is 0 Å². The van der Waals surface area contributed by atoms with Gasteiger partial charge in [-0.1, -0.05) is 0 Å². The summed E-state index contributed by atoms with van der Waals surface area (Å²) in [4.78, 5) is 22.0. The van der Waals surface area contributed by atoms with Crippen LogP contribution in [0.4, 0.5) is 19.0 Å². The van der Waals surface area contributed by atoms with Crippen molar-refractivity contribution in [3.63, 3.8) is 0 Å². The van der Waals surface area contributed by atoms with Gasteiger partial charge in [0, 0.05) is 19.7 Å². The van der Waals surface area contributed by atoms with Crippen molar-refractivity contribution >= 4 is 11.7 Å². The Hall–Kier alpha value is -1.86. The highest BCUT2D eigenvalue weighted by molar-refractivity contribution is 5.82. The molecule has 2 rings (SSSR count). The Kier molecular flexibility index (Phi) is 3.11. The van der Waals surface area contributed by atoms with Crippen LogP contribution in [0.1, 0.15) is 17.1 Å². The smallest absolute Gasteiger partial charge is 0.362 e. The van der Waals surface area contributed by atoms with Crippen molar-refractivity contribution < 1.29 is 18.0 Å². The summed E-state index contributed by atoms with van der Waals surface area (Å²) < 4.78 is 37.3. The van der Waals surface area contributed by atoms with E-state index in [2.05, 4.69) is 9.97 Å². The standard InChI is InChI=1S/C11H13F3N4O/c1-6-15-8-5-18(10(19)11(12,13)14)4-7(8)9(16-6)17(2)3/h4-5H2,1-3H3. The molecule has 0 aliphatic carbocycles. The lowest BCUT2D eigenvalue weighted by Gasteiger charge is -2.17. The monoisotopic (exact) mass is 274 g/mol. The Balaban J connectivity index is 2.35. The number of fused-ring (bicyclic) bond motifs is 1. The van der Waals surface area contributed by atoms with Crippen molar-refractivity contribution in [3.05, 3.63) is 17.1 Å². The van der Waals surface area contributed by atoms with Crippen molar-refractivity contribution in [3.8, 4) is 0 Å². The highest BCUT2D eigenvalue weighted by Crippen LogP contribution is 2.31. The fraction of sp³-hybridized carbons (Fsp3) is 0.545. The van der Waals surface area contributed by atoms with E-state index >= 15 is 0 Å². The van der Waals surface area contributed by atoms with E-state index in [0.29, 0.717) is 22.9 Å². The number of hydrogen-bond donors (Lipinski definition) is 0. The van der Waals surface area contributed by atoms with Gasteiger partial charge < -0.3 is 9.80 Å². The molecule has 0 bridgehead atoms. The maximum Gasteiger partial charge on any atom is 0.471 e. The molecule has 1 aliphatic rings. The molecule has 0 aromatic carbocycles. The van der Waals surface area contributed by atoms with Gasteiger partial charge in [0.25, 0.3) is 0 Å². The molecule has 104 valence electrons. The van der Waals surface area contributed by atoms with Crippen LogP contribution in [-0.4, -0.2) is 41.0 Å². The number of carbonyl (C=O) groups is 1. The Labute approximate surface area is 108 Å². The summed E-state index contributed by atoms with van der Waals surface area (Å²) >= 11 is 0. The molecule has 0 saturated heterocycles. The summed E-state index contributed by atoms with van der Waals surface area (Å²) in [6.07, 6.45) is -4.86. The van der Waals surface area contributed by atoms with Gasteiger partial charge in [0.15, 0.2) is 0 Å². The number of anilines is 1. The number of rotatable bonds is 1. The highest BCUT2D eigenvalue weighted by atomic mass is 19.4. The second-order valence-electron chi connectivity index (χ2n) is 4.57. The zero-order chi connectivity index (χ0) is 14.4. The summed E-state index contributed by atoms with van der Waals surface area (Å²) in [5, 5.41) is 0. The predicted octanol–water partition coefficient (Wildman–Crippen LogP) is 1.26. The van der Waals surface area contributed by atoms with E-state index in [-0.39, 0.29) is 13.1 Å². The number of halogens is 3. The summed E-state index contributed by atoms with van der Waals surface area (Å²) in [5.74, 6) is -0.809. The van der Waals surface area contributed by atoms with Gasteiger partial charge in [-0.3, -0.25) is 4.79 Å². The SMILES string of the molecule is Cc1nc2c(c(N(C)C)n1)CN(C(=O)C(F)(F)F)C2. The van der Waals surface area contributed by atoms with Crippen LogP contribution in [0, 0.1) is 6.92 Å². The summed E-state index contributed by atoms with van der Waals surface area (Å²) in [6.45, 7) is 1.43. The van der Waals surface area contributed by atoms with E-state index in [4.69, 9.17) is 0 Å². The molecule has 0 saturated carbocycles. The molecule has 0 radical (unpaired) electrons. The average molecular weight is 274 g/mol. The molecular formula is C11H13F3N4O. The summed E-state index contributed by atoms with van der Waals surface area (Å²) in [6, 6.07) is 0. The lowest BCUT2D eigenvalue weighted by Crippen LogP contribution is -2.37. The zero-order valence-electron chi connectivity index (χ0n) is 10.7. The third-order valence-electron chi connectivity index (χ3n) is 2.83. The molecule has 0 atom stereocenters. The number of aryl methyl sites for hydroxylation is 1. The molecule has 2 heterocycles. The lowest BCUT2D eigenvalue weighted by molar-refractivity contribution is -0.186. The third kappa shape index (κ3) is 2.47. The predicted molar refractivity (Wildman–Crippen MR) is 61.4 cm³/mol. The summed E-state index contributed by atoms with van der Waals surface area (Å²) in [7, 11) is 3.49. The number of hydrogen-bond acceptors (Lipinski definition) is 4. The fourth-order valence-electron chi connectivity index (χ4n) is 2.05. The molecular weight excluding hydrogens is 261 g/mol. The Bertz CT molecular complexity index is 527. The molecule has 8 heteroatoms. The van der Waals surface area contributed by atoms with Crippen LogP contribution in [-0.2, 0) is 17.9 Å². The minimum Gasteiger partial charge on any atom is -0.362 e. The van der Waals surface area contributed by atoms with Crippen molar-refractivity contribution in [1.82, 2.24) is 14.9 Å². The van der Waals surface area contributed by atoms with Crippen LogP contribution < -0.4 is 4.90 Å². The number of aromatic nitrogens is 2. The van der Waals surface area contributed by atoms with Crippen molar-refractivity contribution in [2.24, 2.45) is 0 Å². The lowest BCUT2D eigenvalue weighted by atomic mass is 10.2. The van der Waals surface area contributed by atoms with Crippen LogP contribution >= 0.6 is 0 Å². The maximum atomic E-state index is 12.4. The van der Waals surface area contributed by atoms with E-state index in [1.807, 2.05) is 0 Å². The molecule has 0 N–H and O–H groups in total. The van der Waals surface area contributed by atoms with Gasteiger partial charge in [-0.25, -0.2) is 9.97 Å². The first-order valence-electron chi connectivity index (χ1n) is 5.60. The van der Waals surface area contributed by atoms with E-state index < -0.39 is 12.1 Å². The third-order valence-corrected chi connectivity index (χ3v) is 2.83. The first kappa shape index (κ1) is 13.6. The first-order chi connectivity index (χ1) is 8.70. The molecule has 1 aromatic heterocycles. The summed E-state index contributed by atoms with van der Waals surface area (Å²) in [5.41, 5.74) is 1.06. The van der Waals surface area contributed by atoms with E-state index in [1.165, 1.54) is 0 Å². The van der Waals surface area contributed by atoms with E-state index in [1.54, 1.807) is 25.9 Å². The topological polar surface area (TPSA) is 49.3 Å². The van der Waals surface area contributed by atoms with Gasteiger partial charge in [0.05, 0.1) is 18.8 Å². The Morgan fingerprint density at radius 2 is 1.89 bits per heavy atom. The molecule has 19 heavy (non-hydrogen) atoms. The quantitative estimate of drug-likeness (QED) is 0.773. The molecule has 1 aliphatic heterocycles. The van der Waals surface area contributed by atoms with Crippen LogP contribution in [0.2, 0.25) is 0 Å². The van der Waals surface area contributed by atoms with Crippen LogP contribution in [0.5, 0.6) is 0 Å². The molecule has 0 unspecified atom stereocenters. The van der Waals surface area contributed by atoms with Gasteiger partial charge in [0.1, 0.15) is 11.6 Å². The Morgan fingerprint density at radius 1 is 1.26 bits per heavy atom. The molecule has 0 fully saturated rings. The second-order valence-corrected chi connectivity index (χ2v) is 4.57. The zero-order valence-corrected chi connectivity index (χ0v) is 10.7. The minimum atomic E-state index is -4.86. The minimum absolute atomic E-state index is 0.110. The first-order valence-corrected chi connectivity index (χ1v) is 5.60. The van der Waals surface area contributed by atoms with Gasteiger partial charge in [-0.05, 0) is 6.92 Å². The number of carbonyl (C=O) groups excluding carboxylic acids is 1. The molecule has 1 aromatic rings. The van der Waals surface area contributed by atoms with Gasteiger partial charge >= 0.3 is 12.1 Å². The number of alkyl halides is 3. The van der Waals surface area contributed by atoms with Gasteiger partial charge in [-0.2, -0.15) is 13.2 Å². The number of nitrogens with zero attached hydrogens (tertiary/aromatic N) is 4. The molecule has 5 nitrogen and oxygen atoms in total. The molecule has 0 spiro atoms. The van der Waals surface area contributed by atoms with Crippen LogP contribution in [0.3, 0.4) is 0 Å². The normalized spacial score (nSPS) is 14.5. The Morgan fingerprint density at radius 3 is 2.42 bits per heavy atom. The number of amides is 1. The van der Waals surface area contributed by atoms with E-state index in [0.717, 1.165) is 4.90 Å². The van der Waals surface area contributed by atoms with E-state index in [9.17, 15) is 18.0 Å². The largest absolute Gasteiger partial charge is 0.471 e.